The van der Waals surface area contributed by atoms with Crippen LogP contribution in [0.1, 0.15) is 45.6 Å². The summed E-state index contributed by atoms with van der Waals surface area (Å²) in [5.74, 6) is 0.575. The van der Waals surface area contributed by atoms with Crippen LogP contribution in [0, 0.1) is 5.41 Å². The second kappa shape index (κ2) is 7.10. The number of amides is 1. The van der Waals surface area contributed by atoms with Gasteiger partial charge in [-0.25, -0.2) is 5.43 Å². The molecule has 1 atom stereocenters. The van der Waals surface area contributed by atoms with Crippen molar-refractivity contribution in [3.63, 3.8) is 0 Å². The number of nitrogens with zero attached hydrogens (tertiary/aromatic N) is 1. The number of carbonyl (C=O) groups is 1. The summed E-state index contributed by atoms with van der Waals surface area (Å²) in [6.45, 7) is 6.49. The minimum atomic E-state index is -0.989. The van der Waals surface area contributed by atoms with Crippen molar-refractivity contribution in [2.24, 2.45) is 10.5 Å². The van der Waals surface area contributed by atoms with Gasteiger partial charge in [-0.2, -0.15) is 5.10 Å². The van der Waals surface area contributed by atoms with E-state index in [1.165, 1.54) is 0 Å². The molecule has 23 heavy (non-hydrogen) atoms. The molecule has 1 amide bonds. The highest BCUT2D eigenvalue weighted by atomic mass is 35.5. The molecule has 0 spiro atoms. The van der Waals surface area contributed by atoms with E-state index >= 15 is 0 Å². The Morgan fingerprint density at radius 3 is 2.39 bits per heavy atom. The number of rotatable bonds is 7. The fourth-order valence-corrected chi connectivity index (χ4v) is 2.91. The minimum Gasteiger partial charge on any atom is -0.494 e. The largest absolute Gasteiger partial charge is 0.494 e. The zero-order chi connectivity index (χ0) is 17.1. The average Bonchev–Trinajstić information content (AvgIpc) is 3.06. The van der Waals surface area contributed by atoms with Crippen molar-refractivity contribution in [2.75, 3.05) is 6.61 Å². The van der Waals surface area contributed by atoms with E-state index in [9.17, 15) is 4.79 Å². The number of hydrazone groups is 1. The topological polar surface area (TPSA) is 50.7 Å². The van der Waals surface area contributed by atoms with Gasteiger partial charge in [0.15, 0.2) is 0 Å². The van der Waals surface area contributed by atoms with Crippen LogP contribution < -0.4 is 10.2 Å². The molecule has 1 fully saturated rings. The first-order valence-corrected chi connectivity index (χ1v) is 8.57. The van der Waals surface area contributed by atoms with Gasteiger partial charge in [-0.3, -0.25) is 4.79 Å². The summed E-state index contributed by atoms with van der Waals surface area (Å²) in [6.07, 6.45) is 2.10. The number of carbonyl (C=O) groups excluding carboxylic acids is 1. The molecule has 4 nitrogen and oxygen atoms in total. The highest BCUT2D eigenvalue weighted by Gasteiger charge is 2.68. The summed E-state index contributed by atoms with van der Waals surface area (Å²) in [7, 11) is 0. The Morgan fingerprint density at radius 1 is 1.30 bits per heavy atom. The van der Waals surface area contributed by atoms with Gasteiger partial charge in [0.2, 0.25) is 5.91 Å². The predicted molar refractivity (Wildman–Crippen MR) is 94.4 cm³/mol. The predicted octanol–water partition coefficient (Wildman–Crippen LogP) is 4.29. The first kappa shape index (κ1) is 18.1. The molecule has 1 aliphatic carbocycles. The van der Waals surface area contributed by atoms with Crippen LogP contribution in [0.15, 0.2) is 29.4 Å². The summed E-state index contributed by atoms with van der Waals surface area (Å²) < 4.78 is 4.57. The molecular formula is C17H22Cl2N2O2. The number of alkyl halides is 2. The maximum Gasteiger partial charge on any atom is 0.249 e. The van der Waals surface area contributed by atoms with Crippen LogP contribution in [-0.2, 0) is 4.79 Å². The van der Waals surface area contributed by atoms with Gasteiger partial charge >= 0.3 is 0 Å². The maximum absolute atomic E-state index is 12.2. The molecule has 126 valence electrons. The van der Waals surface area contributed by atoms with E-state index in [1.54, 1.807) is 6.92 Å². The fraction of sp³-hybridized carbons (Fsp3) is 0.529. The Labute approximate surface area is 147 Å². The monoisotopic (exact) mass is 356 g/mol. The standard InChI is InChI=1S/C17H22Cl2N2O2/c1-4-10-23-13-8-6-12(7-9-13)14(5-2)20-21-15(22)16(3)11-17(16,18)19/h6-9H,4-5,10-11H2,1-3H3,(H,21,22)/b20-14-/t16-/m1/s1. The smallest absolute Gasteiger partial charge is 0.249 e. The first-order chi connectivity index (χ1) is 10.8. The van der Waals surface area contributed by atoms with Crippen molar-refractivity contribution < 1.29 is 9.53 Å². The summed E-state index contributed by atoms with van der Waals surface area (Å²) in [5, 5.41) is 4.24. The Balaban J connectivity index is 2.03. The third-order valence-corrected chi connectivity index (χ3v) is 5.15. The van der Waals surface area contributed by atoms with Gasteiger partial charge in [0, 0.05) is 0 Å². The van der Waals surface area contributed by atoms with Gasteiger partial charge in [0.25, 0.3) is 0 Å². The molecular weight excluding hydrogens is 335 g/mol. The van der Waals surface area contributed by atoms with Crippen molar-refractivity contribution in [1.29, 1.82) is 0 Å². The quantitative estimate of drug-likeness (QED) is 0.450. The van der Waals surface area contributed by atoms with Crippen molar-refractivity contribution in [2.45, 2.75) is 44.4 Å². The van der Waals surface area contributed by atoms with Crippen LogP contribution in [0.25, 0.3) is 0 Å². The van der Waals surface area contributed by atoms with E-state index in [2.05, 4.69) is 17.5 Å². The lowest BCUT2D eigenvalue weighted by molar-refractivity contribution is -0.125. The molecule has 1 aromatic carbocycles. The first-order valence-electron chi connectivity index (χ1n) is 7.82. The average molecular weight is 357 g/mol. The summed E-state index contributed by atoms with van der Waals surface area (Å²) in [4.78, 5) is 12.2. The van der Waals surface area contributed by atoms with Gasteiger partial charge < -0.3 is 4.74 Å². The lowest BCUT2D eigenvalue weighted by atomic mass is 10.1. The van der Waals surface area contributed by atoms with Crippen LogP contribution in [-0.4, -0.2) is 22.6 Å². The number of halogens is 2. The van der Waals surface area contributed by atoms with Gasteiger partial charge in [-0.15, -0.1) is 23.2 Å². The third kappa shape index (κ3) is 3.99. The highest BCUT2D eigenvalue weighted by Crippen LogP contribution is 2.63. The van der Waals surface area contributed by atoms with E-state index in [1.807, 2.05) is 31.2 Å². The molecule has 1 aliphatic rings. The number of hydrogen-bond acceptors (Lipinski definition) is 3. The lowest BCUT2D eigenvalue weighted by Crippen LogP contribution is -2.30. The molecule has 2 rings (SSSR count). The van der Waals surface area contributed by atoms with Crippen LogP contribution in [0.5, 0.6) is 5.75 Å². The van der Waals surface area contributed by atoms with Crippen LogP contribution in [0.3, 0.4) is 0 Å². The van der Waals surface area contributed by atoms with Gasteiger partial charge in [-0.05, 0) is 56.0 Å². The molecule has 1 saturated carbocycles. The van der Waals surface area contributed by atoms with Crippen molar-refractivity contribution in [3.05, 3.63) is 29.8 Å². The number of nitrogens with one attached hydrogen (secondary N) is 1. The molecule has 0 heterocycles. The van der Waals surface area contributed by atoms with Crippen molar-refractivity contribution in [3.8, 4) is 5.75 Å². The zero-order valence-electron chi connectivity index (χ0n) is 13.7. The lowest BCUT2D eigenvalue weighted by Gasteiger charge is -2.11. The van der Waals surface area contributed by atoms with E-state index in [0.717, 1.165) is 23.4 Å². The number of benzene rings is 1. The Bertz CT molecular complexity index is 599. The highest BCUT2D eigenvalue weighted by molar-refractivity contribution is 6.53. The van der Waals surface area contributed by atoms with E-state index < -0.39 is 9.75 Å². The molecule has 0 saturated heterocycles. The Hall–Kier alpha value is -1.26. The van der Waals surface area contributed by atoms with Crippen molar-refractivity contribution >= 4 is 34.8 Å². The maximum atomic E-state index is 12.2. The third-order valence-electron chi connectivity index (χ3n) is 4.05. The van der Waals surface area contributed by atoms with Gasteiger partial charge in [0.05, 0.1) is 17.7 Å². The Morgan fingerprint density at radius 2 is 1.91 bits per heavy atom. The van der Waals surface area contributed by atoms with E-state index in [4.69, 9.17) is 27.9 Å². The minimum absolute atomic E-state index is 0.253. The molecule has 6 heteroatoms. The van der Waals surface area contributed by atoms with Crippen LogP contribution in [0.4, 0.5) is 0 Å². The molecule has 0 unspecified atom stereocenters. The normalized spacial score (nSPS) is 22.6. The van der Waals surface area contributed by atoms with E-state index in [0.29, 0.717) is 19.4 Å². The fourth-order valence-electron chi connectivity index (χ4n) is 2.20. The second-order valence-electron chi connectivity index (χ2n) is 5.94. The molecule has 0 radical (unpaired) electrons. The SMILES string of the molecule is CCCOc1ccc(/C(CC)=N\NC(=O)[C@@]2(C)CC2(Cl)Cl)cc1. The van der Waals surface area contributed by atoms with E-state index in [-0.39, 0.29) is 5.91 Å². The number of hydrogen-bond donors (Lipinski definition) is 1. The van der Waals surface area contributed by atoms with Gasteiger partial charge in [0.1, 0.15) is 10.1 Å². The molecule has 1 N–H and O–H groups in total. The second-order valence-corrected chi connectivity index (χ2v) is 7.42. The van der Waals surface area contributed by atoms with Crippen LogP contribution in [0.2, 0.25) is 0 Å². The van der Waals surface area contributed by atoms with Crippen molar-refractivity contribution in [1.82, 2.24) is 5.43 Å². The van der Waals surface area contributed by atoms with Crippen LogP contribution >= 0.6 is 23.2 Å². The van der Waals surface area contributed by atoms with Gasteiger partial charge in [-0.1, -0.05) is 13.8 Å². The molecule has 0 aromatic heterocycles. The zero-order valence-corrected chi connectivity index (χ0v) is 15.2. The summed E-state index contributed by atoms with van der Waals surface area (Å²) in [6, 6.07) is 7.68. The molecule has 0 aliphatic heterocycles. The molecule has 1 aromatic rings. The Kier molecular flexibility index (Phi) is 5.58. The molecule has 0 bridgehead atoms. The summed E-state index contributed by atoms with van der Waals surface area (Å²) >= 11 is 12.0. The summed E-state index contributed by atoms with van der Waals surface area (Å²) in [5.41, 5.74) is 3.56. The number of ether oxygens (including phenoxy) is 1.